The number of hydrogen-bond donors (Lipinski definition) is 3. The largest absolute Gasteiger partial charge is 0.490 e. The number of nitrogens with one attached hydrogen (secondary N) is 1. The Kier molecular flexibility index (Phi) is 13.6. The zero-order valence-corrected chi connectivity index (χ0v) is 26.1. The van der Waals surface area contributed by atoms with Crippen molar-refractivity contribution < 1.29 is 55.7 Å². The molecule has 0 aliphatic carbocycles. The predicted octanol–water partition coefficient (Wildman–Crippen LogP) is 6.34. The molecule has 1 atom stereocenters. The number of aromatic nitrogens is 2. The normalized spacial score (nSPS) is 12.3. The van der Waals surface area contributed by atoms with E-state index < -0.39 is 35.9 Å². The number of alkyl halides is 6. The van der Waals surface area contributed by atoms with Crippen LogP contribution in [0.3, 0.4) is 0 Å². The van der Waals surface area contributed by atoms with E-state index >= 15 is 0 Å². The minimum atomic E-state index is -5.08. The summed E-state index contributed by atoms with van der Waals surface area (Å²) < 4.78 is 63.5. The molecule has 0 fully saturated rings. The number of pyridine rings is 2. The summed E-state index contributed by atoms with van der Waals surface area (Å²) in [6.07, 6.45) is -3.75. The monoisotopic (exact) mass is 672 g/mol. The summed E-state index contributed by atoms with van der Waals surface area (Å²) in [7, 11) is 0. The molecule has 0 aliphatic rings. The Balaban J connectivity index is 0.000000658. The van der Waals surface area contributed by atoms with Crippen LogP contribution in [0.2, 0.25) is 0 Å². The van der Waals surface area contributed by atoms with E-state index in [0.717, 1.165) is 5.56 Å². The molecule has 0 radical (unpaired) electrons. The van der Waals surface area contributed by atoms with Crippen LogP contribution in [-0.4, -0.2) is 61.8 Å². The van der Waals surface area contributed by atoms with Crippen LogP contribution >= 0.6 is 0 Å². The zero-order valence-electron chi connectivity index (χ0n) is 26.1. The van der Waals surface area contributed by atoms with Gasteiger partial charge in [-0.1, -0.05) is 39.0 Å². The minimum Gasteiger partial charge on any atom is -0.475 e. The lowest BCUT2D eigenvalue weighted by Gasteiger charge is -2.34. The smallest absolute Gasteiger partial charge is 0.475 e. The van der Waals surface area contributed by atoms with Crippen molar-refractivity contribution in [2.75, 3.05) is 4.90 Å². The van der Waals surface area contributed by atoms with Crippen LogP contribution in [0.5, 0.6) is 0 Å². The van der Waals surface area contributed by atoms with Crippen molar-refractivity contribution in [3.05, 3.63) is 90.0 Å². The van der Waals surface area contributed by atoms with E-state index in [1.54, 1.807) is 47.9 Å². The topological polar surface area (TPSA) is 150 Å². The van der Waals surface area contributed by atoms with Gasteiger partial charge in [-0.05, 0) is 62.1 Å². The van der Waals surface area contributed by atoms with E-state index in [9.17, 15) is 35.9 Å². The van der Waals surface area contributed by atoms with Gasteiger partial charge in [0.15, 0.2) is 0 Å². The summed E-state index contributed by atoms with van der Waals surface area (Å²) in [5.41, 5.74) is 2.33. The predicted molar refractivity (Wildman–Crippen MR) is 158 cm³/mol. The number of aliphatic carboxylic acids is 2. The standard InChI is InChI=1S/C27H32N4O2.2C2HF3O2/c1-26(2,3)21-9-11-22(12-10-21)31(25(33)19-13-16-28-17-14-19)23(20-8-7-15-29-18-20)24(32)30-27(4,5)6;2*3-2(4,5)1(6)7/h7-18,23H,1-6H3,(H,30,32);2*(H,6,7). The molecule has 0 spiro atoms. The van der Waals surface area contributed by atoms with E-state index in [2.05, 4.69) is 36.1 Å². The third kappa shape index (κ3) is 13.5. The number of carboxylic acid groups (broad SMARTS) is 2. The molecule has 0 aliphatic heterocycles. The molecule has 256 valence electrons. The van der Waals surface area contributed by atoms with Gasteiger partial charge in [0.2, 0.25) is 5.91 Å². The van der Waals surface area contributed by atoms with E-state index in [0.29, 0.717) is 16.8 Å². The summed E-state index contributed by atoms with van der Waals surface area (Å²) in [6, 6.07) is 13.8. The van der Waals surface area contributed by atoms with E-state index in [-0.39, 0.29) is 17.2 Å². The lowest BCUT2D eigenvalue weighted by molar-refractivity contribution is -0.193. The molecule has 3 rings (SSSR count). The van der Waals surface area contributed by atoms with E-state index in [4.69, 9.17) is 19.8 Å². The van der Waals surface area contributed by atoms with Gasteiger partial charge in [0, 0.05) is 47.1 Å². The number of carbonyl (C=O) groups is 4. The number of benzene rings is 1. The maximum Gasteiger partial charge on any atom is 0.490 e. The second-order valence-corrected chi connectivity index (χ2v) is 11.7. The van der Waals surface area contributed by atoms with Crippen LogP contribution in [-0.2, 0) is 19.8 Å². The second kappa shape index (κ2) is 16.0. The lowest BCUT2D eigenvalue weighted by Crippen LogP contribution is -2.49. The number of anilines is 1. The average Bonchev–Trinajstić information content (AvgIpc) is 2.94. The summed E-state index contributed by atoms with van der Waals surface area (Å²) in [4.78, 5) is 55.0. The fraction of sp³-hybridized carbons (Fsp3) is 0.355. The Bertz CT molecular complexity index is 1460. The van der Waals surface area contributed by atoms with Crippen LogP contribution in [0.25, 0.3) is 0 Å². The van der Waals surface area contributed by atoms with Crippen molar-refractivity contribution in [1.82, 2.24) is 15.3 Å². The minimum absolute atomic E-state index is 0.0369. The van der Waals surface area contributed by atoms with Gasteiger partial charge in [-0.15, -0.1) is 0 Å². The molecular weight excluding hydrogens is 638 g/mol. The zero-order chi connectivity index (χ0) is 36.4. The summed E-state index contributed by atoms with van der Waals surface area (Å²) in [5.74, 6) is -6.09. The highest BCUT2D eigenvalue weighted by Gasteiger charge is 2.39. The van der Waals surface area contributed by atoms with Crippen molar-refractivity contribution >= 4 is 29.4 Å². The Morgan fingerprint density at radius 3 is 1.55 bits per heavy atom. The third-order valence-electron chi connectivity index (χ3n) is 5.65. The van der Waals surface area contributed by atoms with Crippen molar-refractivity contribution in [3.8, 4) is 0 Å². The third-order valence-corrected chi connectivity index (χ3v) is 5.65. The van der Waals surface area contributed by atoms with Crippen LogP contribution < -0.4 is 10.2 Å². The van der Waals surface area contributed by atoms with Gasteiger partial charge in [0.25, 0.3) is 5.91 Å². The molecule has 3 aromatic rings. The lowest BCUT2D eigenvalue weighted by atomic mass is 9.87. The van der Waals surface area contributed by atoms with Crippen LogP contribution in [0.1, 0.15) is 69.1 Å². The Labute approximate surface area is 266 Å². The molecule has 2 heterocycles. The molecular formula is C31H34F6N4O6. The Morgan fingerprint density at radius 1 is 0.723 bits per heavy atom. The van der Waals surface area contributed by atoms with Crippen molar-refractivity contribution in [1.29, 1.82) is 0 Å². The first kappa shape index (κ1) is 40.0. The quantitative estimate of drug-likeness (QED) is 0.266. The summed E-state index contributed by atoms with van der Waals surface area (Å²) in [5, 5.41) is 17.3. The van der Waals surface area contributed by atoms with Crippen LogP contribution in [0.15, 0.2) is 73.3 Å². The van der Waals surface area contributed by atoms with Gasteiger partial charge in [0.05, 0.1) is 0 Å². The highest BCUT2D eigenvalue weighted by molar-refractivity contribution is 6.10. The maximum absolute atomic E-state index is 13.8. The first-order valence-corrected chi connectivity index (χ1v) is 13.5. The molecule has 0 bridgehead atoms. The first-order chi connectivity index (χ1) is 21.4. The molecule has 1 aromatic carbocycles. The highest BCUT2D eigenvalue weighted by Crippen LogP contribution is 2.32. The number of nitrogens with zero attached hydrogens (tertiary/aromatic N) is 3. The highest BCUT2D eigenvalue weighted by atomic mass is 19.4. The fourth-order valence-corrected chi connectivity index (χ4v) is 3.53. The van der Waals surface area contributed by atoms with Crippen molar-refractivity contribution in [3.63, 3.8) is 0 Å². The summed E-state index contributed by atoms with van der Waals surface area (Å²) in [6.45, 7) is 12.2. The Morgan fingerprint density at radius 2 is 1.19 bits per heavy atom. The number of hydrogen-bond acceptors (Lipinski definition) is 6. The van der Waals surface area contributed by atoms with E-state index in [1.807, 2.05) is 51.1 Å². The number of rotatable bonds is 5. The molecule has 1 unspecified atom stereocenters. The fourth-order valence-electron chi connectivity index (χ4n) is 3.53. The average molecular weight is 673 g/mol. The molecule has 16 heteroatoms. The van der Waals surface area contributed by atoms with Crippen molar-refractivity contribution in [2.45, 2.75) is 70.9 Å². The number of halogens is 6. The molecule has 2 amide bonds. The summed E-state index contributed by atoms with van der Waals surface area (Å²) >= 11 is 0. The van der Waals surface area contributed by atoms with Crippen LogP contribution in [0, 0.1) is 0 Å². The van der Waals surface area contributed by atoms with Gasteiger partial charge in [-0.3, -0.25) is 24.5 Å². The van der Waals surface area contributed by atoms with Gasteiger partial charge in [0.1, 0.15) is 6.04 Å². The number of carbonyl (C=O) groups excluding carboxylic acids is 2. The molecule has 47 heavy (non-hydrogen) atoms. The van der Waals surface area contributed by atoms with Gasteiger partial charge >= 0.3 is 24.3 Å². The number of amides is 2. The molecule has 0 saturated carbocycles. The maximum atomic E-state index is 13.8. The molecule has 10 nitrogen and oxygen atoms in total. The first-order valence-electron chi connectivity index (χ1n) is 13.5. The second-order valence-electron chi connectivity index (χ2n) is 11.7. The van der Waals surface area contributed by atoms with Gasteiger partial charge in [-0.2, -0.15) is 26.3 Å². The van der Waals surface area contributed by atoms with Crippen LogP contribution in [0.4, 0.5) is 32.0 Å². The molecule has 0 saturated heterocycles. The SMILES string of the molecule is CC(C)(C)NC(=O)C(c1cccnc1)N(C(=O)c1ccncc1)c1ccc(C(C)(C)C)cc1.O=C(O)C(F)(F)F.O=C(O)C(F)(F)F. The Hall–Kier alpha value is -5.02. The van der Waals surface area contributed by atoms with Gasteiger partial charge < -0.3 is 15.5 Å². The molecule has 2 aromatic heterocycles. The van der Waals surface area contributed by atoms with Crippen molar-refractivity contribution in [2.24, 2.45) is 0 Å². The molecule has 3 N–H and O–H groups in total. The van der Waals surface area contributed by atoms with E-state index in [1.165, 1.54) is 0 Å². The van der Waals surface area contributed by atoms with Gasteiger partial charge in [-0.25, -0.2) is 9.59 Å². The number of carboxylic acids is 2.